The summed E-state index contributed by atoms with van der Waals surface area (Å²) < 4.78 is 0. The van der Waals surface area contributed by atoms with Gasteiger partial charge in [-0.25, -0.2) is 4.79 Å². The Morgan fingerprint density at radius 1 is 1.45 bits per heavy atom. The molecule has 2 unspecified atom stereocenters. The number of carbonyl (C=O) groups excluding carboxylic acids is 2. The molecule has 1 saturated carbocycles. The number of hydrogen-bond donors (Lipinski definition) is 2. The molecule has 0 spiro atoms. The Hall–Kier alpha value is -1.59. The van der Waals surface area contributed by atoms with Gasteiger partial charge in [0, 0.05) is 13.0 Å². The molecule has 6 nitrogen and oxygen atoms in total. The second-order valence-electron chi connectivity index (χ2n) is 6.06. The summed E-state index contributed by atoms with van der Waals surface area (Å²) in [6.07, 6.45) is 3.97. The molecule has 2 rings (SSSR count). The molecule has 6 heteroatoms. The van der Waals surface area contributed by atoms with E-state index < -0.39 is 11.5 Å². The first-order valence-electron chi connectivity index (χ1n) is 7.25. The number of rotatable bonds is 4. The van der Waals surface area contributed by atoms with Crippen molar-refractivity contribution in [3.8, 4) is 0 Å². The Balaban J connectivity index is 1.99. The zero-order valence-electron chi connectivity index (χ0n) is 11.9. The molecule has 0 bridgehead atoms. The normalized spacial score (nSPS) is 30.4. The van der Waals surface area contributed by atoms with Gasteiger partial charge in [0.1, 0.15) is 5.54 Å². The van der Waals surface area contributed by atoms with Crippen LogP contribution in [0.1, 0.15) is 45.4 Å². The van der Waals surface area contributed by atoms with Gasteiger partial charge in [0.2, 0.25) is 11.8 Å². The fourth-order valence-corrected chi connectivity index (χ4v) is 3.26. The van der Waals surface area contributed by atoms with Gasteiger partial charge in [-0.05, 0) is 25.2 Å². The Bertz CT molecular complexity index is 423. The summed E-state index contributed by atoms with van der Waals surface area (Å²) in [6.45, 7) is 2.57. The van der Waals surface area contributed by atoms with Crippen molar-refractivity contribution >= 4 is 17.8 Å². The molecular formula is C14H22N2O4. The van der Waals surface area contributed by atoms with Crippen LogP contribution in [-0.2, 0) is 14.4 Å². The van der Waals surface area contributed by atoms with Gasteiger partial charge in [-0.3, -0.25) is 9.59 Å². The summed E-state index contributed by atoms with van der Waals surface area (Å²) in [5.74, 6) is -1.07. The third-order valence-electron chi connectivity index (χ3n) is 4.29. The van der Waals surface area contributed by atoms with Crippen LogP contribution in [0.4, 0.5) is 0 Å². The minimum Gasteiger partial charge on any atom is -0.480 e. The molecule has 0 aromatic rings. The average Bonchev–Trinajstić information content (AvgIpc) is 2.74. The van der Waals surface area contributed by atoms with E-state index in [9.17, 15) is 19.5 Å². The highest BCUT2D eigenvalue weighted by atomic mass is 16.4. The molecule has 2 atom stereocenters. The van der Waals surface area contributed by atoms with E-state index in [-0.39, 0.29) is 24.3 Å². The standard InChI is InChI=1S/C14H22N2O4/c1-10-4-2-6-14(8-10,13(19)20)15-11(17)9-16-7-3-5-12(16)18/h10H,2-9H2,1H3,(H,15,17)(H,19,20). The quantitative estimate of drug-likeness (QED) is 0.797. The molecule has 0 aromatic heterocycles. The first-order chi connectivity index (χ1) is 9.43. The topological polar surface area (TPSA) is 86.7 Å². The van der Waals surface area contributed by atoms with Crippen LogP contribution in [0.3, 0.4) is 0 Å². The van der Waals surface area contributed by atoms with Crippen molar-refractivity contribution in [2.75, 3.05) is 13.1 Å². The molecule has 2 aliphatic rings. The van der Waals surface area contributed by atoms with Crippen molar-refractivity contribution in [2.24, 2.45) is 5.92 Å². The number of carbonyl (C=O) groups is 3. The maximum Gasteiger partial charge on any atom is 0.329 e. The molecule has 20 heavy (non-hydrogen) atoms. The highest BCUT2D eigenvalue weighted by Gasteiger charge is 2.43. The number of carboxylic acids is 1. The van der Waals surface area contributed by atoms with Crippen LogP contribution in [0, 0.1) is 5.92 Å². The van der Waals surface area contributed by atoms with Gasteiger partial charge < -0.3 is 15.3 Å². The van der Waals surface area contributed by atoms with Gasteiger partial charge in [-0.15, -0.1) is 0 Å². The molecule has 2 fully saturated rings. The van der Waals surface area contributed by atoms with E-state index in [1.165, 1.54) is 4.90 Å². The first kappa shape index (κ1) is 14.8. The summed E-state index contributed by atoms with van der Waals surface area (Å²) in [5, 5.41) is 12.2. The van der Waals surface area contributed by atoms with Crippen molar-refractivity contribution in [1.29, 1.82) is 0 Å². The average molecular weight is 282 g/mol. The molecule has 112 valence electrons. The van der Waals surface area contributed by atoms with E-state index in [4.69, 9.17) is 0 Å². The predicted octanol–water partition coefficient (Wildman–Crippen LogP) is 0.758. The summed E-state index contributed by atoms with van der Waals surface area (Å²) >= 11 is 0. The number of hydrogen-bond acceptors (Lipinski definition) is 3. The van der Waals surface area contributed by atoms with Gasteiger partial charge in [-0.1, -0.05) is 19.8 Å². The summed E-state index contributed by atoms with van der Waals surface area (Å²) in [6, 6.07) is 0. The van der Waals surface area contributed by atoms with E-state index >= 15 is 0 Å². The van der Waals surface area contributed by atoms with Gasteiger partial charge in [0.05, 0.1) is 6.54 Å². The van der Waals surface area contributed by atoms with Crippen LogP contribution >= 0.6 is 0 Å². The molecule has 0 aromatic carbocycles. The lowest BCUT2D eigenvalue weighted by atomic mass is 9.76. The largest absolute Gasteiger partial charge is 0.480 e. The molecule has 1 aliphatic carbocycles. The number of aliphatic carboxylic acids is 1. The van der Waals surface area contributed by atoms with Crippen molar-refractivity contribution in [2.45, 2.75) is 51.0 Å². The molecular weight excluding hydrogens is 260 g/mol. The fraction of sp³-hybridized carbons (Fsp3) is 0.786. The minimum atomic E-state index is -1.16. The minimum absolute atomic E-state index is 0.0256. The van der Waals surface area contributed by atoms with Crippen LogP contribution in [0.25, 0.3) is 0 Å². The molecule has 1 saturated heterocycles. The number of amides is 2. The van der Waals surface area contributed by atoms with Crippen molar-refractivity contribution in [3.63, 3.8) is 0 Å². The fourth-order valence-electron chi connectivity index (χ4n) is 3.26. The van der Waals surface area contributed by atoms with E-state index in [2.05, 4.69) is 5.32 Å². The molecule has 1 aliphatic heterocycles. The highest BCUT2D eigenvalue weighted by Crippen LogP contribution is 2.32. The Morgan fingerprint density at radius 3 is 2.75 bits per heavy atom. The van der Waals surface area contributed by atoms with Gasteiger partial charge in [0.15, 0.2) is 0 Å². The lowest BCUT2D eigenvalue weighted by Crippen LogP contribution is -2.58. The zero-order chi connectivity index (χ0) is 14.8. The number of carboxylic acid groups (broad SMARTS) is 1. The van der Waals surface area contributed by atoms with Crippen LogP contribution < -0.4 is 5.32 Å². The van der Waals surface area contributed by atoms with E-state index in [1.807, 2.05) is 6.92 Å². The smallest absolute Gasteiger partial charge is 0.329 e. The van der Waals surface area contributed by atoms with Crippen LogP contribution in [-0.4, -0.2) is 46.4 Å². The van der Waals surface area contributed by atoms with Crippen molar-refractivity contribution in [1.82, 2.24) is 10.2 Å². The lowest BCUT2D eigenvalue weighted by molar-refractivity contribution is -0.150. The second kappa shape index (κ2) is 5.81. The van der Waals surface area contributed by atoms with Crippen molar-refractivity contribution < 1.29 is 19.5 Å². The van der Waals surface area contributed by atoms with E-state index in [1.54, 1.807) is 0 Å². The lowest BCUT2D eigenvalue weighted by Gasteiger charge is -2.37. The van der Waals surface area contributed by atoms with E-state index in [0.29, 0.717) is 25.8 Å². The van der Waals surface area contributed by atoms with Gasteiger partial charge in [-0.2, -0.15) is 0 Å². The van der Waals surface area contributed by atoms with Crippen molar-refractivity contribution in [3.05, 3.63) is 0 Å². The Morgan fingerprint density at radius 2 is 2.20 bits per heavy atom. The predicted molar refractivity (Wildman–Crippen MR) is 72.0 cm³/mol. The monoisotopic (exact) mass is 282 g/mol. The van der Waals surface area contributed by atoms with Crippen LogP contribution in [0.15, 0.2) is 0 Å². The summed E-state index contributed by atoms with van der Waals surface area (Å²) in [7, 11) is 0. The second-order valence-corrected chi connectivity index (χ2v) is 6.06. The SMILES string of the molecule is CC1CCCC(NC(=O)CN2CCCC2=O)(C(=O)O)C1. The maximum absolute atomic E-state index is 12.1. The van der Waals surface area contributed by atoms with Crippen LogP contribution in [0.2, 0.25) is 0 Å². The molecule has 2 N–H and O–H groups in total. The summed E-state index contributed by atoms with van der Waals surface area (Å²) in [5.41, 5.74) is -1.16. The third-order valence-corrected chi connectivity index (χ3v) is 4.29. The molecule has 2 amide bonds. The first-order valence-corrected chi connectivity index (χ1v) is 7.25. The molecule has 0 radical (unpaired) electrons. The maximum atomic E-state index is 12.1. The molecule has 1 heterocycles. The zero-order valence-corrected chi connectivity index (χ0v) is 11.9. The number of likely N-dealkylation sites (tertiary alicyclic amines) is 1. The number of nitrogens with zero attached hydrogens (tertiary/aromatic N) is 1. The summed E-state index contributed by atoms with van der Waals surface area (Å²) in [4.78, 5) is 36.6. The van der Waals surface area contributed by atoms with E-state index in [0.717, 1.165) is 19.3 Å². The van der Waals surface area contributed by atoms with Gasteiger partial charge in [0.25, 0.3) is 0 Å². The van der Waals surface area contributed by atoms with Crippen LogP contribution in [0.5, 0.6) is 0 Å². The number of nitrogens with one attached hydrogen (secondary N) is 1. The highest BCUT2D eigenvalue weighted by molar-refractivity contribution is 5.90. The Kier molecular flexibility index (Phi) is 4.30. The van der Waals surface area contributed by atoms with Gasteiger partial charge >= 0.3 is 5.97 Å². The third kappa shape index (κ3) is 3.11. The Labute approximate surface area is 118 Å².